The van der Waals surface area contributed by atoms with Crippen molar-refractivity contribution in [2.75, 3.05) is 19.5 Å². The van der Waals surface area contributed by atoms with E-state index in [2.05, 4.69) is 45.2 Å². The average molecular weight is 530 g/mol. The lowest BCUT2D eigenvalue weighted by Crippen LogP contribution is -2.27. The van der Waals surface area contributed by atoms with Crippen molar-refractivity contribution < 1.29 is 13.2 Å². The number of rotatable bonds is 6. The van der Waals surface area contributed by atoms with E-state index < -0.39 is 9.84 Å². The van der Waals surface area contributed by atoms with Gasteiger partial charge in [-0.05, 0) is 48.9 Å². The number of hydrogen-bond acceptors (Lipinski definition) is 6. The van der Waals surface area contributed by atoms with E-state index in [1.165, 1.54) is 11.8 Å². The minimum Gasteiger partial charge on any atom is -0.381 e. The van der Waals surface area contributed by atoms with Gasteiger partial charge in [-0.15, -0.1) is 5.10 Å². The van der Waals surface area contributed by atoms with Crippen molar-refractivity contribution in [1.29, 1.82) is 0 Å². The predicted octanol–water partition coefficient (Wildman–Crippen LogP) is 4.85. The van der Waals surface area contributed by atoms with Gasteiger partial charge in [0.15, 0.2) is 9.84 Å². The molecule has 1 aliphatic heterocycles. The van der Waals surface area contributed by atoms with Gasteiger partial charge >= 0.3 is 0 Å². The summed E-state index contributed by atoms with van der Waals surface area (Å²) in [5.74, 6) is 0.350. The molecule has 0 N–H and O–H groups in total. The molecule has 1 aliphatic rings. The minimum atomic E-state index is -3.19. The van der Waals surface area contributed by atoms with Crippen LogP contribution in [0.25, 0.3) is 33.2 Å². The topological polar surface area (TPSA) is 91.9 Å². The maximum absolute atomic E-state index is 12.2. The minimum absolute atomic E-state index is 0.00367. The highest BCUT2D eigenvalue weighted by Crippen LogP contribution is 2.41. The smallest absolute Gasteiger partial charge is 0.151 e. The molecule has 1 saturated heterocycles. The highest BCUT2D eigenvalue weighted by Gasteiger charge is 2.30. The average Bonchev–Trinajstić information content (AvgIpc) is 3.40. The summed E-state index contributed by atoms with van der Waals surface area (Å²) >= 11 is 0. The summed E-state index contributed by atoms with van der Waals surface area (Å²) in [5, 5.41) is 9.46. The number of fused-ring (bicyclic) bond motifs is 3. The van der Waals surface area contributed by atoms with Crippen LogP contribution in [-0.4, -0.2) is 52.4 Å². The molecule has 5 aromatic rings. The zero-order valence-corrected chi connectivity index (χ0v) is 22.6. The van der Waals surface area contributed by atoms with Gasteiger partial charge in [0, 0.05) is 43.7 Å². The van der Waals surface area contributed by atoms with E-state index in [0.29, 0.717) is 5.92 Å². The second-order valence-electron chi connectivity index (χ2n) is 10.3. The van der Waals surface area contributed by atoms with Crippen molar-refractivity contribution in [3.63, 3.8) is 0 Å². The Morgan fingerprint density at radius 2 is 1.82 bits per heavy atom. The maximum Gasteiger partial charge on any atom is 0.151 e. The Balaban J connectivity index is 1.67. The van der Waals surface area contributed by atoms with Crippen LogP contribution >= 0.6 is 0 Å². The van der Waals surface area contributed by atoms with E-state index in [4.69, 9.17) is 9.72 Å². The summed E-state index contributed by atoms with van der Waals surface area (Å²) in [4.78, 5) is 4.96. The molecule has 0 bridgehead atoms. The summed E-state index contributed by atoms with van der Waals surface area (Å²) in [6, 6.07) is 18.7. The molecule has 0 radical (unpaired) electrons. The molecular formula is C29H31N5O3S. The number of aryl methyl sites for hydroxylation is 2. The van der Waals surface area contributed by atoms with Crippen molar-refractivity contribution in [3.8, 4) is 11.3 Å². The van der Waals surface area contributed by atoms with Crippen LogP contribution in [0.5, 0.6) is 0 Å². The first-order valence-corrected chi connectivity index (χ1v) is 15.0. The quantitative estimate of drug-likeness (QED) is 0.312. The van der Waals surface area contributed by atoms with Crippen molar-refractivity contribution >= 4 is 31.8 Å². The molecule has 3 aromatic heterocycles. The molecule has 0 amide bonds. The molecule has 4 heterocycles. The van der Waals surface area contributed by atoms with Crippen molar-refractivity contribution in [1.82, 2.24) is 24.5 Å². The molecule has 0 aliphatic carbocycles. The highest BCUT2D eigenvalue weighted by molar-refractivity contribution is 7.89. The Kier molecular flexibility index (Phi) is 6.28. The molecule has 38 heavy (non-hydrogen) atoms. The lowest BCUT2D eigenvalue weighted by Gasteiger charge is -2.33. The third-order valence-corrected chi connectivity index (χ3v) is 8.39. The van der Waals surface area contributed by atoms with Crippen molar-refractivity contribution in [3.05, 3.63) is 77.6 Å². The Morgan fingerprint density at radius 3 is 2.50 bits per heavy atom. The van der Waals surface area contributed by atoms with Gasteiger partial charge in [0.2, 0.25) is 0 Å². The number of hydrogen-bond donors (Lipinski definition) is 0. The molecule has 8 nitrogen and oxygen atoms in total. The second kappa shape index (κ2) is 9.63. The number of aromatic nitrogens is 5. The SMILES string of the molecule is Cc1nnn(C)c1-c1cnc2c3ccc(CS(C)(=O)=O)cc3n([C@H](c3ccccc3)C3CCOCC3)c2c1. The molecule has 2 aromatic carbocycles. The molecule has 6 rings (SSSR count). The number of nitrogens with zero attached hydrogens (tertiary/aromatic N) is 5. The van der Waals surface area contributed by atoms with Gasteiger partial charge in [-0.1, -0.05) is 47.7 Å². The van der Waals surface area contributed by atoms with Gasteiger partial charge in [0.25, 0.3) is 0 Å². The molecule has 0 saturated carbocycles. The normalized spacial score (nSPS) is 15.9. The van der Waals surface area contributed by atoms with Crippen molar-refractivity contribution in [2.45, 2.75) is 31.6 Å². The summed E-state index contributed by atoms with van der Waals surface area (Å²) in [6.45, 7) is 3.41. The molecule has 196 valence electrons. The van der Waals surface area contributed by atoms with Crippen LogP contribution in [0.15, 0.2) is 60.8 Å². The molecule has 9 heteroatoms. The fraction of sp³-hybridized carbons (Fsp3) is 0.345. The summed E-state index contributed by atoms with van der Waals surface area (Å²) < 4.78 is 34.3. The van der Waals surface area contributed by atoms with Crippen LogP contribution in [0.2, 0.25) is 0 Å². The first-order chi connectivity index (χ1) is 18.3. The van der Waals surface area contributed by atoms with Crippen LogP contribution in [0.4, 0.5) is 0 Å². The van der Waals surface area contributed by atoms with Crippen LogP contribution < -0.4 is 0 Å². The van der Waals surface area contributed by atoms with Gasteiger partial charge in [-0.2, -0.15) is 0 Å². The van der Waals surface area contributed by atoms with E-state index in [1.54, 1.807) is 4.68 Å². The first kappa shape index (κ1) is 24.8. The number of benzene rings is 2. The predicted molar refractivity (Wildman–Crippen MR) is 149 cm³/mol. The third kappa shape index (κ3) is 4.50. The van der Waals surface area contributed by atoms with E-state index >= 15 is 0 Å². The fourth-order valence-electron chi connectivity index (χ4n) is 5.94. The largest absolute Gasteiger partial charge is 0.381 e. The number of ether oxygens (including phenoxy) is 1. The Bertz CT molecular complexity index is 1720. The summed E-state index contributed by atoms with van der Waals surface area (Å²) in [5.41, 5.74) is 7.61. The van der Waals surface area contributed by atoms with Gasteiger partial charge in [0.1, 0.15) is 0 Å². The maximum atomic E-state index is 12.2. The van der Waals surface area contributed by atoms with Gasteiger partial charge in [-0.25, -0.2) is 13.1 Å². The summed E-state index contributed by atoms with van der Waals surface area (Å²) in [7, 11) is -1.30. The molecule has 0 unspecified atom stereocenters. The Labute approximate surface area is 222 Å². The number of sulfone groups is 1. The molecule has 1 atom stereocenters. The van der Waals surface area contributed by atoms with Gasteiger partial charge < -0.3 is 9.30 Å². The van der Waals surface area contributed by atoms with Crippen LogP contribution in [-0.2, 0) is 27.4 Å². The monoisotopic (exact) mass is 529 g/mol. The molecular weight excluding hydrogens is 498 g/mol. The fourth-order valence-corrected chi connectivity index (χ4v) is 6.73. The highest BCUT2D eigenvalue weighted by atomic mass is 32.2. The Hall–Kier alpha value is -3.56. The summed E-state index contributed by atoms with van der Waals surface area (Å²) in [6.07, 6.45) is 5.05. The van der Waals surface area contributed by atoms with Gasteiger partial charge in [-0.3, -0.25) is 4.98 Å². The van der Waals surface area contributed by atoms with Crippen molar-refractivity contribution in [2.24, 2.45) is 13.0 Å². The second-order valence-corrected chi connectivity index (χ2v) is 12.5. The van der Waals surface area contributed by atoms with E-state index in [1.807, 2.05) is 44.4 Å². The molecule has 0 spiro atoms. The lowest BCUT2D eigenvalue weighted by molar-refractivity contribution is 0.0553. The zero-order chi connectivity index (χ0) is 26.4. The van der Waals surface area contributed by atoms with Crippen LogP contribution in [0.3, 0.4) is 0 Å². The lowest BCUT2D eigenvalue weighted by atomic mass is 9.86. The van der Waals surface area contributed by atoms with E-state index in [9.17, 15) is 8.42 Å². The zero-order valence-electron chi connectivity index (χ0n) is 21.8. The number of pyridine rings is 1. The standard InChI is InChI=1S/C29H31N5O3S/c1-19-28(33(2)32-31-19)23-16-26-27(30-17-23)24-10-9-20(18-38(3,35)36)15-25(24)34(26)29(21-7-5-4-6-8-21)22-11-13-37-14-12-22/h4-10,15-17,22,29H,11-14,18H2,1-3H3/t29-/m1/s1. The Morgan fingerprint density at radius 1 is 1.05 bits per heavy atom. The molecule has 1 fully saturated rings. The first-order valence-electron chi connectivity index (χ1n) is 12.9. The van der Waals surface area contributed by atoms with E-state index in [0.717, 1.165) is 70.5 Å². The third-order valence-electron chi connectivity index (χ3n) is 7.53. The van der Waals surface area contributed by atoms with E-state index in [-0.39, 0.29) is 11.8 Å². The van der Waals surface area contributed by atoms with Crippen LogP contribution in [0, 0.1) is 12.8 Å². The van der Waals surface area contributed by atoms with Crippen LogP contribution in [0.1, 0.15) is 35.7 Å². The van der Waals surface area contributed by atoms with Gasteiger partial charge in [0.05, 0.1) is 39.7 Å².